The lowest BCUT2D eigenvalue weighted by molar-refractivity contribution is 0.0208. The van der Waals surface area contributed by atoms with Crippen molar-refractivity contribution in [1.82, 2.24) is 29.7 Å². The van der Waals surface area contributed by atoms with Gasteiger partial charge >= 0.3 is 12.2 Å². The first-order valence-corrected chi connectivity index (χ1v) is 17.1. The number of likely N-dealkylation sites (tertiary alicyclic amines) is 2. The largest absolute Gasteiger partial charge is 0.444 e. The maximum atomic E-state index is 12.8. The molecule has 2 amide bonds. The first kappa shape index (κ1) is 33.3. The second kappa shape index (κ2) is 13.5. The molecule has 0 radical (unpaired) electrons. The van der Waals surface area contributed by atoms with Crippen LogP contribution in [0.15, 0.2) is 60.9 Å². The van der Waals surface area contributed by atoms with Crippen LogP contribution in [0.4, 0.5) is 9.59 Å². The van der Waals surface area contributed by atoms with E-state index in [-0.39, 0.29) is 24.3 Å². The number of aromatic amines is 2. The van der Waals surface area contributed by atoms with Crippen LogP contribution in [0, 0.1) is 0 Å². The zero-order chi connectivity index (χ0) is 34.1. The monoisotopic (exact) mass is 652 g/mol. The van der Waals surface area contributed by atoms with Crippen molar-refractivity contribution in [2.75, 3.05) is 13.1 Å². The molecule has 2 aliphatic heterocycles. The van der Waals surface area contributed by atoms with Crippen molar-refractivity contribution < 1.29 is 19.1 Å². The van der Waals surface area contributed by atoms with Gasteiger partial charge in [-0.2, -0.15) is 0 Å². The fourth-order valence-electron chi connectivity index (χ4n) is 6.48. The zero-order valence-electron chi connectivity index (χ0n) is 29.0. The molecule has 2 aliphatic rings. The van der Waals surface area contributed by atoms with Crippen molar-refractivity contribution in [2.24, 2.45) is 0 Å². The summed E-state index contributed by atoms with van der Waals surface area (Å²) in [6.07, 6.45) is 8.57. The average Bonchev–Trinajstić information content (AvgIpc) is 3.85. The minimum atomic E-state index is -0.529. The Morgan fingerprint density at radius 1 is 0.667 bits per heavy atom. The van der Waals surface area contributed by atoms with Crippen LogP contribution < -0.4 is 0 Å². The van der Waals surface area contributed by atoms with Crippen LogP contribution in [0.25, 0.3) is 22.5 Å². The van der Waals surface area contributed by atoms with E-state index < -0.39 is 11.2 Å². The molecule has 2 saturated heterocycles. The molecule has 2 atom stereocenters. The van der Waals surface area contributed by atoms with Crippen LogP contribution in [-0.4, -0.2) is 66.2 Å². The molecule has 10 heteroatoms. The highest BCUT2D eigenvalue weighted by atomic mass is 16.6. The van der Waals surface area contributed by atoms with Crippen molar-refractivity contribution in [2.45, 2.75) is 103 Å². The summed E-state index contributed by atoms with van der Waals surface area (Å²) in [5.41, 5.74) is 5.48. The molecular weight excluding hydrogens is 604 g/mol. The van der Waals surface area contributed by atoms with Gasteiger partial charge in [-0.05, 0) is 102 Å². The fraction of sp³-hybridized carbons (Fsp3) is 0.474. The summed E-state index contributed by atoms with van der Waals surface area (Å²) in [4.78, 5) is 45.3. The molecule has 2 fully saturated rings. The number of imidazole rings is 2. The maximum absolute atomic E-state index is 12.8. The van der Waals surface area contributed by atoms with E-state index in [0.29, 0.717) is 13.1 Å². The van der Waals surface area contributed by atoms with E-state index in [1.165, 1.54) is 11.1 Å². The highest BCUT2D eigenvalue weighted by molar-refractivity contribution is 5.70. The number of carbonyl (C=O) groups is 2. The molecule has 10 nitrogen and oxygen atoms in total. The van der Waals surface area contributed by atoms with E-state index in [0.717, 1.165) is 72.7 Å². The van der Waals surface area contributed by atoms with Crippen LogP contribution in [-0.2, 0) is 22.3 Å². The van der Waals surface area contributed by atoms with Crippen molar-refractivity contribution in [3.8, 4) is 22.5 Å². The first-order valence-electron chi connectivity index (χ1n) is 17.1. The van der Waals surface area contributed by atoms with Gasteiger partial charge in [-0.1, -0.05) is 48.5 Å². The van der Waals surface area contributed by atoms with Gasteiger partial charge in [-0.3, -0.25) is 9.80 Å². The van der Waals surface area contributed by atoms with Gasteiger partial charge < -0.3 is 19.4 Å². The number of carbonyl (C=O) groups excluding carboxylic acids is 2. The normalized spacial score (nSPS) is 18.4. The molecule has 4 heterocycles. The summed E-state index contributed by atoms with van der Waals surface area (Å²) in [5.74, 6) is 1.60. The van der Waals surface area contributed by atoms with E-state index >= 15 is 0 Å². The van der Waals surface area contributed by atoms with Gasteiger partial charge in [0.1, 0.15) is 22.9 Å². The number of H-pyrrole nitrogens is 2. The Labute approximate surface area is 283 Å². The first-order chi connectivity index (χ1) is 22.8. The van der Waals surface area contributed by atoms with Crippen molar-refractivity contribution in [1.29, 1.82) is 0 Å². The third kappa shape index (κ3) is 7.91. The number of ether oxygens (including phenoxy) is 2. The number of rotatable bonds is 7. The van der Waals surface area contributed by atoms with Crippen molar-refractivity contribution in [3.05, 3.63) is 83.7 Å². The number of aromatic nitrogens is 4. The summed E-state index contributed by atoms with van der Waals surface area (Å²) >= 11 is 0. The van der Waals surface area contributed by atoms with Gasteiger partial charge in [0.05, 0.1) is 35.9 Å². The quantitative estimate of drug-likeness (QED) is 0.207. The number of hydrogen-bond acceptors (Lipinski definition) is 6. The van der Waals surface area contributed by atoms with E-state index in [4.69, 9.17) is 9.47 Å². The molecule has 2 aromatic carbocycles. The Kier molecular flexibility index (Phi) is 9.36. The third-order valence-corrected chi connectivity index (χ3v) is 8.82. The SMILES string of the molecule is CC(C)(C)OC(=O)N1CCCC1c1ncc(-c2ccc(CCc3ccc(-c4cnc(C5CCCN5C(=O)OC(C)(C)C)[nH]4)cc3)cc2)[nH]1. The van der Waals surface area contributed by atoms with Gasteiger partial charge in [0.25, 0.3) is 0 Å². The van der Waals surface area contributed by atoms with E-state index in [2.05, 4.69) is 68.5 Å². The van der Waals surface area contributed by atoms with Crippen LogP contribution in [0.3, 0.4) is 0 Å². The smallest absolute Gasteiger partial charge is 0.410 e. The van der Waals surface area contributed by atoms with Crippen molar-refractivity contribution >= 4 is 12.2 Å². The second-order valence-corrected chi connectivity index (χ2v) is 14.9. The van der Waals surface area contributed by atoms with E-state index in [9.17, 15) is 9.59 Å². The van der Waals surface area contributed by atoms with Gasteiger partial charge in [0.15, 0.2) is 0 Å². The second-order valence-electron chi connectivity index (χ2n) is 14.9. The van der Waals surface area contributed by atoms with Crippen LogP contribution in [0.5, 0.6) is 0 Å². The molecule has 0 saturated carbocycles. The average molecular weight is 653 g/mol. The summed E-state index contributed by atoms with van der Waals surface area (Å²) in [5, 5.41) is 0. The minimum Gasteiger partial charge on any atom is -0.444 e. The Balaban J connectivity index is 1.03. The summed E-state index contributed by atoms with van der Waals surface area (Å²) in [7, 11) is 0. The number of hydrogen-bond donors (Lipinski definition) is 2. The van der Waals surface area contributed by atoms with Gasteiger partial charge in [0.2, 0.25) is 0 Å². The topological polar surface area (TPSA) is 116 Å². The summed E-state index contributed by atoms with van der Waals surface area (Å²) < 4.78 is 11.3. The summed E-state index contributed by atoms with van der Waals surface area (Å²) in [6, 6.07) is 17.0. The number of amides is 2. The Morgan fingerprint density at radius 2 is 1.04 bits per heavy atom. The standard InChI is InChI=1S/C38H48N6O4/c1-37(2,3)47-35(45)43-21-7-9-31(43)33-39-23-29(41-33)27-17-13-25(14-18-27)11-12-26-15-19-28(20-16-26)30-24-40-34(42-30)32-10-8-22-44(32)36(46)48-38(4,5)6/h13-20,23-24,31-32H,7-12,21-22H2,1-6H3,(H,39,41)(H,40,42). The van der Waals surface area contributed by atoms with Gasteiger partial charge in [-0.15, -0.1) is 0 Å². The Bertz CT molecular complexity index is 1580. The molecule has 2 aromatic heterocycles. The lowest BCUT2D eigenvalue weighted by atomic mass is 10.0. The third-order valence-electron chi connectivity index (χ3n) is 8.82. The van der Waals surface area contributed by atoms with Crippen molar-refractivity contribution in [3.63, 3.8) is 0 Å². The maximum Gasteiger partial charge on any atom is 0.410 e. The highest BCUT2D eigenvalue weighted by Crippen LogP contribution is 2.34. The number of nitrogens with one attached hydrogen (secondary N) is 2. The molecule has 4 aromatic rings. The molecule has 254 valence electrons. The molecule has 6 rings (SSSR count). The van der Waals surface area contributed by atoms with E-state index in [1.807, 2.05) is 53.9 Å². The van der Waals surface area contributed by atoms with Crippen LogP contribution in [0.1, 0.15) is 102 Å². The molecule has 0 spiro atoms. The molecule has 48 heavy (non-hydrogen) atoms. The molecule has 2 N–H and O–H groups in total. The van der Waals surface area contributed by atoms with Crippen LogP contribution >= 0.6 is 0 Å². The lowest BCUT2D eigenvalue weighted by Gasteiger charge is -2.27. The minimum absolute atomic E-state index is 0.101. The fourth-order valence-corrected chi connectivity index (χ4v) is 6.48. The predicted octanol–water partition coefficient (Wildman–Crippen LogP) is 8.40. The highest BCUT2D eigenvalue weighted by Gasteiger charge is 2.36. The van der Waals surface area contributed by atoms with E-state index in [1.54, 1.807) is 9.80 Å². The van der Waals surface area contributed by atoms with Gasteiger partial charge in [-0.25, -0.2) is 19.6 Å². The molecular formula is C38H48N6O4. The summed E-state index contributed by atoms with van der Waals surface area (Å²) in [6.45, 7) is 12.7. The lowest BCUT2D eigenvalue weighted by Crippen LogP contribution is -2.36. The molecule has 0 bridgehead atoms. The Morgan fingerprint density at radius 3 is 1.40 bits per heavy atom. The molecule has 2 unspecified atom stereocenters. The number of aryl methyl sites for hydroxylation is 2. The van der Waals surface area contributed by atoms with Crippen LogP contribution in [0.2, 0.25) is 0 Å². The number of nitrogens with zero attached hydrogens (tertiary/aromatic N) is 4. The molecule has 0 aliphatic carbocycles. The predicted molar refractivity (Wildman–Crippen MR) is 185 cm³/mol. The number of benzene rings is 2. The zero-order valence-corrected chi connectivity index (χ0v) is 29.0. The Hall–Kier alpha value is -4.60. The van der Waals surface area contributed by atoms with Gasteiger partial charge in [0, 0.05) is 13.1 Å².